The molecule has 0 heterocycles. The third kappa shape index (κ3) is 3.15. The van der Waals surface area contributed by atoms with Crippen LogP contribution in [0.2, 0.25) is 0 Å². The van der Waals surface area contributed by atoms with Crippen molar-refractivity contribution in [1.82, 2.24) is 0 Å². The van der Waals surface area contributed by atoms with E-state index in [9.17, 15) is 0 Å². The van der Waals surface area contributed by atoms with Gasteiger partial charge in [0.1, 0.15) is 0 Å². The molecule has 18 heavy (non-hydrogen) atoms. The summed E-state index contributed by atoms with van der Waals surface area (Å²) in [7, 11) is 3.13. The van der Waals surface area contributed by atoms with Crippen LogP contribution in [-0.4, -0.2) is 0 Å². The molecule has 1 aromatic rings. The summed E-state index contributed by atoms with van der Waals surface area (Å²) in [6.07, 6.45) is 7.11. The smallest absolute Gasteiger partial charge is 0.00165 e. The fraction of sp³-hybridized carbons (Fsp3) is 0.647. The van der Waals surface area contributed by atoms with E-state index in [1.165, 1.54) is 37.7 Å². The lowest BCUT2D eigenvalue weighted by Gasteiger charge is -2.32. The Hall–Kier alpha value is -0.350. The molecule has 1 saturated carbocycles. The van der Waals surface area contributed by atoms with Gasteiger partial charge in [-0.15, -0.1) is 9.24 Å². The van der Waals surface area contributed by atoms with Gasteiger partial charge in [-0.05, 0) is 35.3 Å². The maximum atomic E-state index is 3.13. The number of rotatable bonds is 2. The highest BCUT2D eigenvalue weighted by atomic mass is 31.0. The molecule has 2 unspecified atom stereocenters. The molecule has 1 aromatic carbocycles. The van der Waals surface area contributed by atoms with Crippen molar-refractivity contribution in [3.8, 4) is 0 Å². The minimum atomic E-state index is 0.250. The van der Waals surface area contributed by atoms with Crippen molar-refractivity contribution in [3.05, 3.63) is 35.4 Å². The summed E-state index contributed by atoms with van der Waals surface area (Å²) in [6, 6.07) is 9.04. The first kappa shape index (κ1) is 14.1. The molecule has 1 aliphatic carbocycles. The lowest BCUT2D eigenvalue weighted by atomic mass is 9.78. The lowest BCUT2D eigenvalue weighted by Crippen LogP contribution is -2.18. The van der Waals surface area contributed by atoms with Crippen LogP contribution < -0.4 is 0 Å². The van der Waals surface area contributed by atoms with E-state index >= 15 is 0 Å². The van der Waals surface area contributed by atoms with E-state index in [0.29, 0.717) is 5.66 Å². The van der Waals surface area contributed by atoms with E-state index < -0.39 is 0 Å². The fourth-order valence-corrected chi connectivity index (χ4v) is 3.89. The average Bonchev–Trinajstić information content (AvgIpc) is 2.38. The first-order valence-corrected chi connectivity index (χ1v) is 8.02. The number of hydrogen-bond donors (Lipinski definition) is 0. The van der Waals surface area contributed by atoms with Crippen molar-refractivity contribution in [3.63, 3.8) is 0 Å². The van der Waals surface area contributed by atoms with E-state index in [0.717, 1.165) is 5.92 Å². The summed E-state index contributed by atoms with van der Waals surface area (Å²) < 4.78 is 0. The Morgan fingerprint density at radius 2 is 1.67 bits per heavy atom. The first-order chi connectivity index (χ1) is 8.50. The van der Waals surface area contributed by atoms with E-state index in [1.807, 2.05) is 0 Å². The molecule has 0 bridgehead atoms. The predicted octanol–water partition coefficient (Wildman–Crippen LogP) is 5.48. The third-order valence-electron chi connectivity index (χ3n) is 4.29. The minimum Gasteiger partial charge on any atom is -0.129 e. The average molecular weight is 262 g/mol. The van der Waals surface area contributed by atoms with E-state index in [2.05, 4.69) is 54.3 Å². The van der Waals surface area contributed by atoms with Crippen molar-refractivity contribution in [1.29, 1.82) is 0 Å². The quantitative estimate of drug-likeness (QED) is 0.619. The van der Waals surface area contributed by atoms with Crippen LogP contribution in [0.15, 0.2) is 24.3 Å². The lowest BCUT2D eigenvalue weighted by molar-refractivity contribution is 0.349. The first-order valence-electron chi connectivity index (χ1n) is 7.35. The molecule has 0 saturated heterocycles. The van der Waals surface area contributed by atoms with Crippen LogP contribution in [0.3, 0.4) is 0 Å². The van der Waals surface area contributed by atoms with Crippen LogP contribution in [0.4, 0.5) is 0 Å². The molecule has 0 N–H and O–H groups in total. The van der Waals surface area contributed by atoms with E-state index in [1.54, 1.807) is 5.56 Å². The van der Waals surface area contributed by atoms with Crippen LogP contribution in [0.1, 0.15) is 69.7 Å². The molecule has 0 amide bonds. The zero-order chi connectivity index (χ0) is 13.2. The minimum absolute atomic E-state index is 0.250. The van der Waals surface area contributed by atoms with Crippen LogP contribution in [0, 0.1) is 5.92 Å². The molecule has 1 aliphatic rings. The standard InChI is InChI=1S/C17H27P/c1-17(2,3)15-12-8-7-11-14(15)16(18)13-9-5-4-6-10-13/h7-8,11-13,16H,4-6,9-10,18H2,1-3H3. The SMILES string of the molecule is CC(C)(C)c1ccccc1C(P)C1CCCCC1. The second kappa shape index (κ2) is 5.74. The maximum Gasteiger partial charge on any atom is 0.00165 e. The topological polar surface area (TPSA) is 0 Å². The van der Waals surface area contributed by atoms with Crippen molar-refractivity contribution >= 4 is 9.24 Å². The monoisotopic (exact) mass is 262 g/mol. The van der Waals surface area contributed by atoms with E-state index in [-0.39, 0.29) is 5.41 Å². The second-order valence-corrected chi connectivity index (χ2v) is 7.48. The van der Waals surface area contributed by atoms with E-state index in [4.69, 9.17) is 0 Å². The molecule has 2 atom stereocenters. The maximum absolute atomic E-state index is 3.13. The Morgan fingerprint density at radius 1 is 1.06 bits per heavy atom. The normalized spacial score (nSPS) is 19.8. The Balaban J connectivity index is 2.26. The molecule has 1 heteroatoms. The van der Waals surface area contributed by atoms with Gasteiger partial charge in [-0.1, -0.05) is 64.3 Å². The Bertz CT molecular complexity index is 383. The van der Waals surface area contributed by atoms with Crippen LogP contribution in [-0.2, 0) is 5.41 Å². The van der Waals surface area contributed by atoms with Gasteiger partial charge in [0.2, 0.25) is 0 Å². The Morgan fingerprint density at radius 3 is 2.28 bits per heavy atom. The summed E-state index contributed by atoms with van der Waals surface area (Å²) in [5.41, 5.74) is 3.97. The summed E-state index contributed by atoms with van der Waals surface area (Å²) in [4.78, 5) is 0. The highest BCUT2D eigenvalue weighted by Crippen LogP contribution is 2.43. The molecule has 100 valence electrons. The van der Waals surface area contributed by atoms with Gasteiger partial charge >= 0.3 is 0 Å². The number of benzene rings is 1. The van der Waals surface area contributed by atoms with Gasteiger partial charge in [-0.3, -0.25) is 0 Å². The highest BCUT2D eigenvalue weighted by Gasteiger charge is 2.26. The van der Waals surface area contributed by atoms with Crippen LogP contribution >= 0.6 is 9.24 Å². The van der Waals surface area contributed by atoms with Gasteiger partial charge < -0.3 is 0 Å². The molecule has 0 aliphatic heterocycles. The van der Waals surface area contributed by atoms with Crippen LogP contribution in [0.25, 0.3) is 0 Å². The van der Waals surface area contributed by atoms with Gasteiger partial charge in [-0.25, -0.2) is 0 Å². The Labute approximate surface area is 115 Å². The molecule has 0 radical (unpaired) electrons. The van der Waals surface area contributed by atoms with Gasteiger partial charge in [0.05, 0.1) is 0 Å². The molecule has 2 rings (SSSR count). The summed E-state index contributed by atoms with van der Waals surface area (Å²) in [6.45, 7) is 6.97. The van der Waals surface area contributed by atoms with Crippen molar-refractivity contribution in [2.75, 3.05) is 0 Å². The molecule has 0 spiro atoms. The van der Waals surface area contributed by atoms with Gasteiger partial charge in [-0.2, -0.15) is 0 Å². The summed E-state index contributed by atoms with van der Waals surface area (Å²) >= 11 is 0. The van der Waals surface area contributed by atoms with Crippen molar-refractivity contribution in [2.24, 2.45) is 5.92 Å². The molecular weight excluding hydrogens is 235 g/mol. The zero-order valence-corrected chi connectivity index (χ0v) is 13.2. The predicted molar refractivity (Wildman–Crippen MR) is 84.2 cm³/mol. The van der Waals surface area contributed by atoms with Crippen molar-refractivity contribution in [2.45, 2.75) is 63.9 Å². The summed E-state index contributed by atoms with van der Waals surface area (Å²) in [5.74, 6) is 0.868. The van der Waals surface area contributed by atoms with Crippen LogP contribution in [0.5, 0.6) is 0 Å². The van der Waals surface area contributed by atoms with Gasteiger partial charge in [0.25, 0.3) is 0 Å². The molecule has 1 fully saturated rings. The molecule has 0 aromatic heterocycles. The molecule has 0 nitrogen and oxygen atoms in total. The van der Waals surface area contributed by atoms with Crippen molar-refractivity contribution < 1.29 is 0 Å². The largest absolute Gasteiger partial charge is 0.129 e. The number of hydrogen-bond acceptors (Lipinski definition) is 0. The van der Waals surface area contributed by atoms with Gasteiger partial charge in [0.15, 0.2) is 0 Å². The second-order valence-electron chi connectivity index (χ2n) is 6.76. The summed E-state index contributed by atoms with van der Waals surface area (Å²) in [5, 5.41) is 0. The highest BCUT2D eigenvalue weighted by molar-refractivity contribution is 7.17. The van der Waals surface area contributed by atoms with Gasteiger partial charge in [0, 0.05) is 5.66 Å². The Kier molecular flexibility index (Phi) is 4.49. The zero-order valence-electron chi connectivity index (χ0n) is 12.1. The fourth-order valence-electron chi connectivity index (χ4n) is 3.22. The molecular formula is C17H27P. The third-order valence-corrected chi connectivity index (χ3v) is 5.19.